The molecule has 3 fully saturated rings. The zero-order valence-corrected chi connectivity index (χ0v) is 47.9. The van der Waals surface area contributed by atoms with Crippen molar-refractivity contribution in [1.29, 1.82) is 0 Å². The van der Waals surface area contributed by atoms with E-state index < -0.39 is 127 Å². The van der Waals surface area contributed by atoms with E-state index in [1.54, 1.807) is 60.7 Å². The number of guanidine groups is 2. The third kappa shape index (κ3) is 21.0. The minimum atomic E-state index is -1.61. The van der Waals surface area contributed by atoms with Gasteiger partial charge in [-0.1, -0.05) is 67.1 Å². The molecular formula is C56H85N17O12. The van der Waals surface area contributed by atoms with Crippen molar-refractivity contribution in [3.63, 3.8) is 0 Å². The lowest BCUT2D eigenvalue weighted by atomic mass is 10.0. The maximum atomic E-state index is 14.3. The maximum absolute atomic E-state index is 14.3. The molecule has 466 valence electrons. The minimum absolute atomic E-state index is 0.0304. The SMILES string of the molecule is NCCCC[C@@H](N)C(=O)N[C@@H](CCCN=C(N)N)C(=O)N1CCC[C@H]1C(=O)N1CCC[C@H]1C(=O)NCC(=O)N[C@@H](Cc1ccccc1)C(=O)N[C@@H](CO)C(=O)N1CCC[C@H]1C(=O)N[C@@H](Cc1ccccc1)C(=O)N[C@@H](CCCN=C(N)N)C(=O)O. The topological polar surface area (TPSA) is 474 Å². The van der Waals surface area contributed by atoms with E-state index in [-0.39, 0.29) is 89.6 Å². The quantitative estimate of drug-likeness (QED) is 0.0182. The molecule has 3 saturated heterocycles. The van der Waals surface area contributed by atoms with Gasteiger partial charge in [-0.3, -0.25) is 53.1 Å². The number of hydrogen-bond donors (Lipinski definition) is 14. The predicted molar refractivity (Wildman–Crippen MR) is 313 cm³/mol. The molecule has 0 unspecified atom stereocenters. The number of aliphatic carboxylic acids is 1. The summed E-state index contributed by atoms with van der Waals surface area (Å²) in [6.07, 6.45) is 4.09. The van der Waals surface area contributed by atoms with Crippen LogP contribution in [0.1, 0.15) is 94.6 Å². The van der Waals surface area contributed by atoms with Gasteiger partial charge >= 0.3 is 5.97 Å². The number of hydrogen-bond acceptors (Lipinski definition) is 15. The van der Waals surface area contributed by atoms with E-state index in [0.29, 0.717) is 69.0 Å². The van der Waals surface area contributed by atoms with Crippen LogP contribution in [0.2, 0.25) is 0 Å². The van der Waals surface area contributed by atoms with E-state index in [2.05, 4.69) is 41.9 Å². The Bertz CT molecular complexity index is 2660. The first kappa shape index (κ1) is 67.4. The first-order chi connectivity index (χ1) is 40.7. The fraction of sp³-hybridized carbons (Fsp3) is 0.571. The zero-order valence-electron chi connectivity index (χ0n) is 47.9. The van der Waals surface area contributed by atoms with Crippen LogP contribution in [0.15, 0.2) is 70.6 Å². The molecule has 0 bridgehead atoms. The number of nitrogens with two attached hydrogens (primary N) is 6. The molecule has 2 aromatic carbocycles. The Morgan fingerprint density at radius 3 is 1.54 bits per heavy atom. The van der Waals surface area contributed by atoms with Crippen LogP contribution in [0.25, 0.3) is 0 Å². The van der Waals surface area contributed by atoms with Gasteiger partial charge in [-0.2, -0.15) is 0 Å². The fourth-order valence-corrected chi connectivity index (χ4v) is 10.6. The second-order valence-electron chi connectivity index (χ2n) is 21.3. The summed E-state index contributed by atoms with van der Waals surface area (Å²) < 4.78 is 0. The monoisotopic (exact) mass is 1190 g/mol. The molecule has 0 aromatic heterocycles. The van der Waals surface area contributed by atoms with E-state index >= 15 is 0 Å². The van der Waals surface area contributed by atoms with Crippen LogP contribution in [0.5, 0.6) is 0 Å². The molecule has 3 heterocycles. The highest BCUT2D eigenvalue weighted by atomic mass is 16.4. The van der Waals surface area contributed by atoms with Crippen LogP contribution in [0.4, 0.5) is 0 Å². The van der Waals surface area contributed by atoms with Crippen LogP contribution in [-0.4, -0.2) is 203 Å². The summed E-state index contributed by atoms with van der Waals surface area (Å²) >= 11 is 0. The number of nitrogens with one attached hydrogen (secondary N) is 6. The third-order valence-electron chi connectivity index (χ3n) is 15.0. The maximum Gasteiger partial charge on any atom is 0.326 e. The molecule has 2 aromatic rings. The molecule has 20 N–H and O–H groups in total. The Morgan fingerprint density at radius 1 is 0.541 bits per heavy atom. The number of carboxylic acids is 1. The van der Waals surface area contributed by atoms with Gasteiger partial charge in [0.1, 0.15) is 48.3 Å². The number of aliphatic imine (C=N–C) groups is 2. The van der Waals surface area contributed by atoms with Crippen molar-refractivity contribution in [1.82, 2.24) is 46.6 Å². The summed E-state index contributed by atoms with van der Waals surface area (Å²) in [5.74, 6) is -7.85. The van der Waals surface area contributed by atoms with Gasteiger partial charge < -0.3 is 91.2 Å². The fourth-order valence-electron chi connectivity index (χ4n) is 10.6. The molecule has 85 heavy (non-hydrogen) atoms. The predicted octanol–water partition coefficient (Wildman–Crippen LogP) is -4.37. The average molecular weight is 1190 g/mol. The summed E-state index contributed by atoms with van der Waals surface area (Å²) in [6.45, 7) is -0.375. The Kier molecular flexibility index (Phi) is 27.2. The summed E-state index contributed by atoms with van der Waals surface area (Å²) in [5.41, 5.74) is 34.7. The summed E-state index contributed by atoms with van der Waals surface area (Å²) in [6, 6.07) is 6.55. The summed E-state index contributed by atoms with van der Waals surface area (Å²) in [7, 11) is 0. The molecular weight excluding hydrogens is 1100 g/mol. The van der Waals surface area contributed by atoms with Crippen LogP contribution in [0.3, 0.4) is 0 Å². The number of unbranched alkanes of at least 4 members (excludes halogenated alkanes) is 1. The van der Waals surface area contributed by atoms with E-state index in [1.165, 1.54) is 14.7 Å². The number of rotatable bonds is 33. The molecule has 29 heteroatoms. The van der Waals surface area contributed by atoms with Crippen LogP contribution >= 0.6 is 0 Å². The van der Waals surface area contributed by atoms with Crippen molar-refractivity contribution in [2.75, 3.05) is 52.4 Å². The number of aliphatic hydroxyl groups is 1. The molecule has 9 amide bonds. The molecule has 0 radical (unpaired) electrons. The lowest BCUT2D eigenvalue weighted by Crippen LogP contribution is -2.60. The lowest BCUT2D eigenvalue weighted by Gasteiger charge is -2.33. The van der Waals surface area contributed by atoms with Crippen LogP contribution in [0, 0.1) is 0 Å². The molecule has 5 rings (SSSR count). The number of nitrogens with zero attached hydrogens (tertiary/aromatic N) is 5. The summed E-state index contributed by atoms with van der Waals surface area (Å²) in [5, 5.41) is 36.2. The molecule has 29 nitrogen and oxygen atoms in total. The van der Waals surface area contributed by atoms with Crippen molar-refractivity contribution in [3.8, 4) is 0 Å². The van der Waals surface area contributed by atoms with Crippen molar-refractivity contribution >= 4 is 71.1 Å². The number of benzene rings is 2. The molecule has 3 aliphatic rings. The lowest BCUT2D eigenvalue weighted by molar-refractivity contribution is -0.148. The minimum Gasteiger partial charge on any atom is -0.480 e. The Balaban J connectivity index is 1.22. The van der Waals surface area contributed by atoms with Gasteiger partial charge in [0, 0.05) is 45.6 Å². The number of carboxylic acid groups (broad SMARTS) is 1. The van der Waals surface area contributed by atoms with Crippen molar-refractivity contribution in [3.05, 3.63) is 71.8 Å². The van der Waals surface area contributed by atoms with Crippen molar-refractivity contribution in [2.24, 2.45) is 44.4 Å². The zero-order chi connectivity index (χ0) is 62.0. The molecule has 0 saturated carbocycles. The first-order valence-corrected chi connectivity index (χ1v) is 28.9. The van der Waals surface area contributed by atoms with Gasteiger partial charge in [0.2, 0.25) is 53.2 Å². The molecule has 3 aliphatic heterocycles. The standard InChI is InChI=1S/C56H85N17O12/c57-24-8-7-18-36(58)46(76)67-37(19-9-25-63-55(59)60)51(81)73-29-13-23-44(73)53(83)72-28-11-21-42(72)49(79)65-32-45(75)66-39(30-34-14-3-1-4-15-34)47(77)70-41(33-74)52(82)71-27-12-22-43(71)50(80)69-40(31-35-16-5-2-6-17-35)48(78)68-38(54(84)85)20-10-26-64-56(61)62/h1-6,14-17,36-44,74H,7-13,18-33,57-58H2,(H,65,79)(H,66,75)(H,67,76)(H,68,78)(H,69,80)(H,70,77)(H,84,85)(H4,59,60,63)(H4,61,62,64)/t36-,37+,38+,39+,40+,41+,42+,43+,44+/m1/s1. The van der Waals surface area contributed by atoms with E-state index in [4.69, 9.17) is 34.4 Å². The normalized spacial score (nSPS) is 18.5. The number of carbonyl (C=O) groups is 10. The van der Waals surface area contributed by atoms with Gasteiger partial charge in [-0.05, 0) is 94.7 Å². The highest BCUT2D eigenvalue weighted by Crippen LogP contribution is 2.27. The average Bonchev–Trinajstić information content (AvgIpc) is 2.84. The Morgan fingerprint density at radius 2 is 1.01 bits per heavy atom. The first-order valence-electron chi connectivity index (χ1n) is 28.9. The van der Waals surface area contributed by atoms with E-state index in [0.717, 1.165) is 0 Å². The van der Waals surface area contributed by atoms with Gasteiger partial charge in [-0.15, -0.1) is 0 Å². The molecule has 0 spiro atoms. The number of likely N-dealkylation sites (tertiary alicyclic amines) is 3. The van der Waals surface area contributed by atoms with Gasteiger partial charge in [-0.25, -0.2) is 4.79 Å². The van der Waals surface area contributed by atoms with Crippen LogP contribution < -0.4 is 66.3 Å². The molecule has 9 atom stereocenters. The Hall–Kier alpha value is -8.44. The second kappa shape index (κ2) is 34.4. The highest BCUT2D eigenvalue weighted by Gasteiger charge is 2.44. The van der Waals surface area contributed by atoms with Gasteiger partial charge in [0.05, 0.1) is 19.2 Å². The van der Waals surface area contributed by atoms with E-state index in [9.17, 15) is 58.2 Å². The number of amides is 9. The van der Waals surface area contributed by atoms with E-state index in [1.807, 2.05) is 0 Å². The largest absolute Gasteiger partial charge is 0.480 e. The number of aliphatic hydroxyl groups excluding tert-OH is 1. The number of carbonyl (C=O) groups excluding carboxylic acids is 9. The van der Waals surface area contributed by atoms with Gasteiger partial charge in [0.25, 0.3) is 0 Å². The van der Waals surface area contributed by atoms with Gasteiger partial charge in [0.15, 0.2) is 11.9 Å². The van der Waals surface area contributed by atoms with Crippen molar-refractivity contribution < 1.29 is 58.2 Å². The van der Waals surface area contributed by atoms with Crippen molar-refractivity contribution in [2.45, 2.75) is 151 Å². The smallest absolute Gasteiger partial charge is 0.326 e. The van der Waals surface area contributed by atoms with Crippen LogP contribution in [-0.2, 0) is 60.8 Å². The second-order valence-corrected chi connectivity index (χ2v) is 21.3. The molecule has 0 aliphatic carbocycles. The Labute approximate surface area is 493 Å². The third-order valence-corrected chi connectivity index (χ3v) is 15.0. The summed E-state index contributed by atoms with van der Waals surface area (Å²) in [4.78, 5) is 150. The highest BCUT2D eigenvalue weighted by molar-refractivity contribution is 5.98.